The lowest BCUT2D eigenvalue weighted by atomic mass is 10.0. The molecule has 3 rings (SSSR count). The highest BCUT2D eigenvalue weighted by Gasteiger charge is 2.27. The second-order valence-corrected chi connectivity index (χ2v) is 8.34. The van der Waals surface area contributed by atoms with Crippen LogP contribution in [-0.4, -0.2) is 25.3 Å². The molecule has 0 unspecified atom stereocenters. The molecule has 0 aliphatic heterocycles. The van der Waals surface area contributed by atoms with Crippen molar-refractivity contribution in [2.75, 3.05) is 10.0 Å². The van der Waals surface area contributed by atoms with Crippen LogP contribution in [0.2, 0.25) is 2.82 Å². The van der Waals surface area contributed by atoms with E-state index < -0.39 is 98.0 Å². The van der Waals surface area contributed by atoms with Crippen LogP contribution in [-0.2, 0) is 10.0 Å². The summed E-state index contributed by atoms with van der Waals surface area (Å²) in [5, 5.41) is 4.15. The number of hydrogen-bond acceptors (Lipinski definition) is 7. The van der Waals surface area contributed by atoms with Gasteiger partial charge in [-0.2, -0.15) is 0 Å². The number of rotatable bonds is 6. The van der Waals surface area contributed by atoms with E-state index in [4.69, 9.17) is 22.4 Å². The quantitative estimate of drug-likeness (QED) is 0.532. The topological polar surface area (TPSA) is 118 Å². The number of benzene rings is 1. The summed E-state index contributed by atoms with van der Waals surface area (Å²) in [6.07, 6.45) is 0. The van der Waals surface area contributed by atoms with E-state index in [0.29, 0.717) is 11.3 Å². The molecule has 158 valence electrons. The number of sulfonamides is 1. The molecule has 3 aromatic rings. The van der Waals surface area contributed by atoms with Crippen LogP contribution in [0, 0.1) is 27.6 Å². The standard InChI is InChI=1S/C20H21N3O5S2/c1-10-8-11(2)17(15(9-10)14(5)24)21-19(25)18-16(6-7-29-18)30(26,27)23-20-12(3)13(4)22-28-20/h6-9,23H,1-5H3,(H,21,25)/i2D3,3D3,5D3,8D,9D/hD2. The fraction of sp³-hybridized carbons (Fsp3) is 0.250. The summed E-state index contributed by atoms with van der Waals surface area (Å²) in [5.74, 6) is -4.46. The van der Waals surface area contributed by atoms with Crippen LogP contribution in [0.15, 0.2) is 32.9 Å². The maximum Gasteiger partial charge on any atom is 0.267 e. The smallest absolute Gasteiger partial charge is 0.267 e. The first-order valence-electron chi connectivity index (χ1n) is 14.4. The molecule has 0 bridgehead atoms. The molecule has 0 aliphatic carbocycles. The van der Waals surface area contributed by atoms with E-state index >= 15 is 0 Å². The minimum absolute atomic E-state index is 0.248. The van der Waals surface area contributed by atoms with Gasteiger partial charge in [0.2, 0.25) is 5.88 Å². The van der Waals surface area contributed by atoms with Crippen LogP contribution in [0.4, 0.5) is 11.6 Å². The molecular formula is C20H21N3O5S2. The lowest BCUT2D eigenvalue weighted by Crippen LogP contribution is -2.20. The minimum Gasteiger partial charge on any atom is -0.337 e. The van der Waals surface area contributed by atoms with Gasteiger partial charge in [0.1, 0.15) is 9.77 Å². The number of anilines is 2. The highest BCUT2D eigenvalue weighted by Crippen LogP contribution is 2.29. The van der Waals surface area contributed by atoms with Gasteiger partial charge >= 0.3 is 0 Å². The van der Waals surface area contributed by atoms with Gasteiger partial charge < -0.3 is 9.83 Å². The predicted octanol–water partition coefficient (Wildman–Crippen LogP) is 4.23. The van der Waals surface area contributed by atoms with Crippen molar-refractivity contribution in [3.63, 3.8) is 0 Å². The third kappa shape index (κ3) is 4.14. The van der Waals surface area contributed by atoms with Crippen LogP contribution in [0.5, 0.6) is 0 Å². The third-order valence-electron chi connectivity index (χ3n) is 3.69. The van der Waals surface area contributed by atoms with Crippen LogP contribution in [0.1, 0.15) is 64.3 Å². The Morgan fingerprint density at radius 1 is 1.30 bits per heavy atom. The molecule has 0 atom stereocenters. The van der Waals surface area contributed by atoms with Crippen molar-refractivity contribution in [1.82, 2.24) is 5.16 Å². The van der Waals surface area contributed by atoms with Crippen molar-refractivity contribution < 1.29 is 40.4 Å². The SMILES string of the molecule is [2H]c1c(C)c([2H])c(C([2H])([2H])[2H])c(N([2H])C(=O)c2sccc2S(=O)(=O)N([2H])c2onc(C)c2C([2H])([2H])[2H])c1C(=O)C([2H])([2H])[2H]. The lowest BCUT2D eigenvalue weighted by Gasteiger charge is -2.14. The Labute approximate surface area is 196 Å². The van der Waals surface area contributed by atoms with E-state index in [0.717, 1.165) is 18.4 Å². The summed E-state index contributed by atoms with van der Waals surface area (Å²) in [7, 11) is -5.17. The lowest BCUT2D eigenvalue weighted by molar-refractivity contribution is 0.101. The average molecular weight is 461 g/mol. The first-order valence-corrected chi connectivity index (χ1v) is 10.3. The molecule has 0 radical (unpaired) electrons. The number of hydrogen-bond donors (Lipinski definition) is 2. The minimum atomic E-state index is -5.17. The Hall–Kier alpha value is -2.98. The molecular weight excluding hydrogens is 426 g/mol. The fourth-order valence-electron chi connectivity index (χ4n) is 2.31. The van der Waals surface area contributed by atoms with E-state index in [1.807, 2.05) is 0 Å². The van der Waals surface area contributed by atoms with Gasteiger partial charge in [-0.15, -0.1) is 11.3 Å². The van der Waals surface area contributed by atoms with Gasteiger partial charge in [-0.1, -0.05) is 11.2 Å². The summed E-state index contributed by atoms with van der Waals surface area (Å²) in [6, 6.07) is -1.00. The zero-order chi connectivity index (χ0) is 33.2. The number of aryl methyl sites for hydroxylation is 1. The Bertz CT molecular complexity index is 1720. The molecule has 2 aromatic heterocycles. The number of carbonyl (C=O) groups excluding carboxylic acids is 2. The zero-order valence-corrected chi connectivity index (χ0v) is 17.0. The van der Waals surface area contributed by atoms with Crippen molar-refractivity contribution in [3.8, 4) is 0 Å². The normalized spacial score (nSPS) is 18.9. The largest absolute Gasteiger partial charge is 0.337 e. The number of thiophene rings is 1. The molecule has 0 aliphatic rings. The summed E-state index contributed by atoms with van der Waals surface area (Å²) >= 11 is 0.392. The first-order chi connectivity index (χ1) is 19.4. The Balaban J connectivity index is 2.27. The van der Waals surface area contributed by atoms with Crippen molar-refractivity contribution >= 4 is 44.6 Å². The van der Waals surface area contributed by atoms with Crippen molar-refractivity contribution in [3.05, 3.63) is 56.4 Å². The van der Waals surface area contributed by atoms with E-state index in [1.54, 1.807) is 0 Å². The van der Waals surface area contributed by atoms with Crippen LogP contribution in [0.3, 0.4) is 0 Å². The van der Waals surface area contributed by atoms with Crippen LogP contribution < -0.4 is 10.0 Å². The second kappa shape index (κ2) is 8.04. The van der Waals surface area contributed by atoms with Gasteiger partial charge in [0.15, 0.2) is 8.61 Å². The molecule has 0 spiro atoms. The number of nitrogens with zero attached hydrogens (tertiary/aromatic N) is 1. The number of Topliss-reactive ketones (excluding diaryl/α,β-unsaturated/α-hetero) is 1. The summed E-state index contributed by atoms with van der Waals surface area (Å²) in [6.45, 7) is -7.51. The zero-order valence-electron chi connectivity index (χ0n) is 28.4. The maximum atomic E-state index is 13.6. The molecule has 0 saturated heterocycles. The number of nitrogens with one attached hydrogen (secondary N) is 2. The van der Waals surface area contributed by atoms with E-state index in [1.165, 1.54) is 6.92 Å². The van der Waals surface area contributed by atoms with E-state index in [-0.39, 0.29) is 15.7 Å². The van der Waals surface area contributed by atoms with E-state index in [9.17, 15) is 18.0 Å². The summed E-state index contributed by atoms with van der Waals surface area (Å²) in [5.41, 5.74) is -4.91. The second-order valence-electron chi connectivity index (χ2n) is 5.85. The van der Waals surface area contributed by atoms with Crippen molar-refractivity contribution in [2.24, 2.45) is 0 Å². The molecule has 2 heterocycles. The molecule has 0 fully saturated rings. The van der Waals surface area contributed by atoms with Crippen LogP contribution in [0.25, 0.3) is 0 Å². The van der Waals surface area contributed by atoms with Gasteiger partial charge in [-0.25, -0.2) is 13.1 Å². The maximum absolute atomic E-state index is 13.6. The molecule has 10 heteroatoms. The third-order valence-corrected chi connectivity index (χ3v) is 6.02. The number of ketones is 1. The Kier molecular flexibility index (Phi) is 2.78. The average Bonchev–Trinajstić information content (AvgIpc) is 3.51. The number of carbonyl (C=O) groups is 2. The Morgan fingerprint density at radius 2 is 2.10 bits per heavy atom. The molecule has 0 saturated carbocycles. The fourth-order valence-corrected chi connectivity index (χ4v) is 4.53. The van der Waals surface area contributed by atoms with Gasteiger partial charge in [0.05, 0.1) is 14.1 Å². The monoisotopic (exact) mass is 460 g/mol. The first kappa shape index (κ1) is 10.4. The van der Waals surface area contributed by atoms with Crippen LogP contribution >= 0.6 is 11.3 Å². The summed E-state index contributed by atoms with van der Waals surface area (Å²) in [4.78, 5) is 24.7. The van der Waals surface area contributed by atoms with Gasteiger partial charge in [0, 0.05) is 23.5 Å². The highest BCUT2D eigenvalue weighted by molar-refractivity contribution is 7.93. The van der Waals surface area contributed by atoms with E-state index in [2.05, 4.69) is 5.16 Å². The predicted molar refractivity (Wildman–Crippen MR) is 115 cm³/mol. The number of amides is 1. The Morgan fingerprint density at radius 3 is 2.80 bits per heavy atom. The molecule has 1 amide bonds. The molecule has 2 N–H and O–H groups in total. The summed E-state index contributed by atoms with van der Waals surface area (Å²) < 4.78 is 133. The molecule has 1 aromatic carbocycles. The molecule has 30 heavy (non-hydrogen) atoms. The number of aromatic nitrogens is 1. The highest BCUT2D eigenvalue weighted by atomic mass is 32.2. The molecule has 8 nitrogen and oxygen atoms in total. The van der Waals surface area contributed by atoms with Crippen molar-refractivity contribution in [1.29, 1.82) is 0 Å². The van der Waals surface area contributed by atoms with Gasteiger partial charge in [-0.05, 0) is 63.0 Å². The van der Waals surface area contributed by atoms with Crippen molar-refractivity contribution in [2.45, 2.75) is 39.3 Å². The van der Waals surface area contributed by atoms with Gasteiger partial charge in [0.25, 0.3) is 15.9 Å². The van der Waals surface area contributed by atoms with Gasteiger partial charge in [-0.3, -0.25) is 9.59 Å².